The van der Waals surface area contributed by atoms with Gasteiger partial charge >= 0.3 is 5.97 Å². The lowest BCUT2D eigenvalue weighted by molar-refractivity contribution is -0.131. The number of hydrogen-bond acceptors (Lipinski definition) is 5. The predicted molar refractivity (Wildman–Crippen MR) is 146 cm³/mol. The molecule has 1 saturated heterocycles. The summed E-state index contributed by atoms with van der Waals surface area (Å²) in [4.78, 5) is 41.6. The second kappa shape index (κ2) is 12.4. The molecule has 38 heavy (non-hydrogen) atoms. The van der Waals surface area contributed by atoms with Crippen LogP contribution in [0, 0.1) is 5.82 Å². The van der Waals surface area contributed by atoms with E-state index in [1.807, 2.05) is 30.3 Å². The number of hydrogen-bond donors (Lipinski definition) is 1. The molecule has 1 N–H and O–H groups in total. The maximum Gasteiger partial charge on any atom is 0.338 e. The first-order chi connectivity index (χ1) is 18.4. The largest absolute Gasteiger partial charge is 0.462 e. The summed E-state index contributed by atoms with van der Waals surface area (Å²) in [6.45, 7) is 2.70. The van der Waals surface area contributed by atoms with E-state index in [9.17, 15) is 18.8 Å². The molecule has 3 aromatic rings. The average Bonchev–Trinajstić information content (AvgIpc) is 3.13. The number of ether oxygens (including phenoxy) is 1. The molecule has 0 aromatic heterocycles. The highest BCUT2D eigenvalue weighted by Crippen LogP contribution is 2.24. The molecule has 7 nitrogen and oxygen atoms in total. The molecule has 0 aliphatic carbocycles. The van der Waals surface area contributed by atoms with Crippen molar-refractivity contribution in [3.63, 3.8) is 0 Å². The van der Waals surface area contributed by atoms with E-state index in [4.69, 9.17) is 17.0 Å². The summed E-state index contributed by atoms with van der Waals surface area (Å²) in [6, 6.07) is 21.3. The quantitative estimate of drug-likeness (QED) is 0.304. The summed E-state index contributed by atoms with van der Waals surface area (Å²) in [7, 11) is 0. The molecular formula is C29H28FN3O4S. The highest BCUT2D eigenvalue weighted by Gasteiger charge is 2.43. The predicted octanol–water partition coefficient (Wildman–Crippen LogP) is 4.57. The van der Waals surface area contributed by atoms with Gasteiger partial charge in [-0.3, -0.25) is 14.5 Å². The topological polar surface area (TPSA) is 78.9 Å². The number of benzene rings is 3. The van der Waals surface area contributed by atoms with E-state index < -0.39 is 12.0 Å². The van der Waals surface area contributed by atoms with Crippen LogP contribution in [0.4, 0.5) is 10.1 Å². The molecule has 1 heterocycles. The van der Waals surface area contributed by atoms with Gasteiger partial charge < -0.3 is 15.0 Å². The van der Waals surface area contributed by atoms with Crippen LogP contribution in [0.1, 0.15) is 34.8 Å². The zero-order valence-electron chi connectivity index (χ0n) is 20.9. The molecule has 3 aromatic carbocycles. The minimum atomic E-state index is -0.773. The molecule has 0 saturated carbocycles. The maximum absolute atomic E-state index is 13.5. The molecule has 0 spiro atoms. The molecule has 196 valence electrons. The van der Waals surface area contributed by atoms with E-state index in [1.54, 1.807) is 48.2 Å². The number of carbonyl (C=O) groups excluding carboxylic acids is 3. The van der Waals surface area contributed by atoms with E-state index in [-0.39, 0.29) is 30.7 Å². The van der Waals surface area contributed by atoms with Crippen LogP contribution < -0.4 is 5.32 Å². The summed E-state index contributed by atoms with van der Waals surface area (Å²) in [6.07, 6.45) is 0.424. The fraction of sp³-hybridized carbons (Fsp3) is 0.241. The Hall–Kier alpha value is -4.11. The number of amides is 2. The molecule has 0 bridgehead atoms. The van der Waals surface area contributed by atoms with E-state index >= 15 is 0 Å². The normalized spacial score (nSPS) is 15.1. The molecule has 1 atom stereocenters. The van der Waals surface area contributed by atoms with E-state index in [2.05, 4.69) is 5.32 Å². The summed E-state index contributed by atoms with van der Waals surface area (Å²) in [5.41, 5.74) is 2.70. The minimum Gasteiger partial charge on any atom is -0.462 e. The number of anilines is 1. The van der Waals surface area contributed by atoms with Crippen molar-refractivity contribution in [2.45, 2.75) is 32.4 Å². The Balaban J connectivity index is 1.47. The molecule has 0 radical (unpaired) electrons. The van der Waals surface area contributed by atoms with Crippen molar-refractivity contribution in [3.8, 4) is 0 Å². The molecule has 2 amide bonds. The Morgan fingerprint density at radius 1 is 0.974 bits per heavy atom. The van der Waals surface area contributed by atoms with Crippen LogP contribution in [-0.2, 0) is 27.3 Å². The van der Waals surface area contributed by atoms with Crippen molar-refractivity contribution < 1.29 is 23.5 Å². The Bertz CT molecular complexity index is 1300. The fourth-order valence-electron chi connectivity index (χ4n) is 4.25. The first-order valence-corrected chi connectivity index (χ1v) is 12.7. The Morgan fingerprint density at radius 3 is 2.32 bits per heavy atom. The third-order valence-corrected chi connectivity index (χ3v) is 6.66. The number of carbonyl (C=O) groups is 3. The Labute approximate surface area is 226 Å². The summed E-state index contributed by atoms with van der Waals surface area (Å²) in [5, 5.41) is 3.15. The highest BCUT2D eigenvalue weighted by molar-refractivity contribution is 7.80. The van der Waals surface area contributed by atoms with Crippen LogP contribution in [0.5, 0.6) is 0 Å². The van der Waals surface area contributed by atoms with Gasteiger partial charge in [0.2, 0.25) is 5.91 Å². The maximum atomic E-state index is 13.5. The molecule has 1 aliphatic rings. The van der Waals surface area contributed by atoms with Gasteiger partial charge in [0.1, 0.15) is 11.9 Å². The molecule has 0 unspecified atom stereocenters. The molecule has 9 heteroatoms. The summed E-state index contributed by atoms with van der Waals surface area (Å²) >= 11 is 5.69. The highest BCUT2D eigenvalue weighted by atomic mass is 32.1. The van der Waals surface area contributed by atoms with E-state index in [0.29, 0.717) is 35.9 Å². The van der Waals surface area contributed by atoms with E-state index in [0.717, 1.165) is 11.1 Å². The molecular weight excluding hydrogens is 505 g/mol. The second-order valence-electron chi connectivity index (χ2n) is 8.83. The first kappa shape index (κ1) is 26.9. The van der Waals surface area contributed by atoms with Crippen molar-refractivity contribution in [3.05, 3.63) is 101 Å². The number of halogens is 1. The number of rotatable bonds is 10. The lowest BCUT2D eigenvalue weighted by Crippen LogP contribution is -2.39. The first-order valence-electron chi connectivity index (χ1n) is 12.3. The van der Waals surface area contributed by atoms with Crippen molar-refractivity contribution in [2.24, 2.45) is 0 Å². The van der Waals surface area contributed by atoms with Crippen LogP contribution in [0.2, 0.25) is 0 Å². The zero-order valence-corrected chi connectivity index (χ0v) is 21.7. The van der Waals surface area contributed by atoms with Crippen LogP contribution in [-0.4, -0.2) is 51.9 Å². The number of nitrogens with one attached hydrogen (secondary N) is 1. The summed E-state index contributed by atoms with van der Waals surface area (Å²) < 4.78 is 18.3. The Morgan fingerprint density at radius 2 is 1.66 bits per heavy atom. The van der Waals surface area contributed by atoms with Gasteiger partial charge in [-0.15, -0.1) is 0 Å². The number of esters is 1. The monoisotopic (exact) mass is 533 g/mol. The van der Waals surface area contributed by atoms with Crippen LogP contribution in [0.25, 0.3) is 0 Å². The van der Waals surface area contributed by atoms with Gasteiger partial charge in [-0.1, -0.05) is 42.5 Å². The van der Waals surface area contributed by atoms with Gasteiger partial charge in [-0.25, -0.2) is 9.18 Å². The average molecular weight is 534 g/mol. The lowest BCUT2D eigenvalue weighted by Gasteiger charge is -2.24. The fourth-order valence-corrected chi connectivity index (χ4v) is 4.62. The van der Waals surface area contributed by atoms with Gasteiger partial charge in [-0.05, 0) is 73.1 Å². The minimum absolute atomic E-state index is 0.104. The van der Waals surface area contributed by atoms with Crippen LogP contribution >= 0.6 is 12.2 Å². The Kier molecular flexibility index (Phi) is 8.81. The van der Waals surface area contributed by atoms with Crippen molar-refractivity contribution in [1.82, 2.24) is 9.80 Å². The second-order valence-corrected chi connectivity index (χ2v) is 9.19. The van der Waals surface area contributed by atoms with Gasteiger partial charge in [0, 0.05) is 12.2 Å². The zero-order chi connectivity index (χ0) is 27.1. The van der Waals surface area contributed by atoms with Crippen molar-refractivity contribution in [1.29, 1.82) is 0 Å². The smallest absolute Gasteiger partial charge is 0.338 e. The number of thiocarbonyl (C=S) groups is 1. The number of nitrogens with zero attached hydrogens (tertiary/aromatic N) is 2. The third kappa shape index (κ3) is 6.60. The van der Waals surface area contributed by atoms with Crippen LogP contribution in [0.15, 0.2) is 78.9 Å². The van der Waals surface area contributed by atoms with Gasteiger partial charge in [0.05, 0.1) is 25.1 Å². The summed E-state index contributed by atoms with van der Waals surface area (Å²) in [5.74, 6) is -1.36. The third-order valence-electron chi connectivity index (χ3n) is 6.20. The van der Waals surface area contributed by atoms with Gasteiger partial charge in [-0.2, -0.15) is 0 Å². The molecule has 1 aliphatic heterocycles. The van der Waals surface area contributed by atoms with Crippen LogP contribution in [0.3, 0.4) is 0 Å². The van der Waals surface area contributed by atoms with Gasteiger partial charge in [0.25, 0.3) is 5.91 Å². The van der Waals surface area contributed by atoms with Gasteiger partial charge in [0.15, 0.2) is 5.11 Å². The van der Waals surface area contributed by atoms with Crippen molar-refractivity contribution >= 4 is 40.8 Å². The lowest BCUT2D eigenvalue weighted by atomic mass is 10.1. The standard InChI is InChI=1S/C29H28FN3O4S/c1-2-37-28(36)22-10-14-24(15-11-22)31-26(34)18-25-27(35)33(19-21-6-4-3-5-7-21)29(38)32(25)17-16-20-8-12-23(30)13-9-20/h3-15,25H,2,16-19H2,1H3,(H,31,34)/t25-/m1/s1. The molecule has 1 fully saturated rings. The van der Waals surface area contributed by atoms with E-state index in [1.165, 1.54) is 17.0 Å². The SMILES string of the molecule is CCOC(=O)c1ccc(NC(=O)C[C@@H]2C(=O)N(Cc3ccccc3)C(=S)N2CCc2ccc(F)cc2)cc1. The van der Waals surface area contributed by atoms with Crippen molar-refractivity contribution in [2.75, 3.05) is 18.5 Å². The molecule has 4 rings (SSSR count).